The molecule has 3 rings (SSSR count). The molecule has 0 N–H and O–H groups in total. The maximum Gasteiger partial charge on any atom is 0.150 e. The number of aryl methyl sites for hydroxylation is 1. The summed E-state index contributed by atoms with van der Waals surface area (Å²) >= 11 is 1.72. The van der Waals surface area contributed by atoms with Crippen LogP contribution in [0.5, 0.6) is 0 Å². The Balaban J connectivity index is 2.28. The summed E-state index contributed by atoms with van der Waals surface area (Å²) in [6, 6.07) is 2.16. The fourth-order valence-corrected chi connectivity index (χ4v) is 2.59. The number of aromatic nitrogens is 4. The molecular weight excluding hydrogens is 220 g/mol. The van der Waals surface area contributed by atoms with Gasteiger partial charge in [-0.15, -0.1) is 11.3 Å². The minimum absolute atomic E-state index is 0.901. The van der Waals surface area contributed by atoms with E-state index in [0.29, 0.717) is 0 Å². The average Bonchev–Trinajstić information content (AvgIpc) is 2.97. The molecule has 0 aliphatic heterocycles. The molecule has 16 heavy (non-hydrogen) atoms. The number of nitrogens with zero attached hydrogens (tertiary/aromatic N) is 4. The Morgan fingerprint density at radius 2 is 2.31 bits per heavy atom. The van der Waals surface area contributed by atoms with Crippen molar-refractivity contribution in [3.05, 3.63) is 36.0 Å². The molecule has 0 saturated carbocycles. The molecule has 3 aromatic heterocycles. The summed E-state index contributed by atoms with van der Waals surface area (Å²) in [5.74, 6) is 0.901. The minimum Gasteiger partial charge on any atom is -0.290 e. The number of hydrogen-bond acceptors (Lipinski definition) is 4. The Hall–Kier alpha value is -1.75. The predicted octanol–water partition coefficient (Wildman–Crippen LogP) is 2.44. The number of fused-ring (bicyclic) bond motifs is 1. The smallest absolute Gasteiger partial charge is 0.150 e. The highest BCUT2D eigenvalue weighted by atomic mass is 32.1. The molecule has 4 nitrogen and oxygen atoms in total. The van der Waals surface area contributed by atoms with E-state index in [2.05, 4.69) is 27.9 Å². The van der Waals surface area contributed by atoms with Crippen LogP contribution in [0.3, 0.4) is 0 Å². The normalized spacial score (nSPS) is 11.1. The largest absolute Gasteiger partial charge is 0.290 e. The van der Waals surface area contributed by atoms with Crippen LogP contribution in [-0.4, -0.2) is 19.5 Å². The van der Waals surface area contributed by atoms with E-state index in [1.54, 1.807) is 30.2 Å². The number of hydrogen-bond donors (Lipinski definition) is 0. The van der Waals surface area contributed by atoms with Crippen molar-refractivity contribution in [1.82, 2.24) is 19.5 Å². The number of thiophene rings is 1. The quantitative estimate of drug-likeness (QED) is 0.679. The lowest BCUT2D eigenvalue weighted by molar-refractivity contribution is 0.994. The highest BCUT2D eigenvalue weighted by Gasteiger charge is 2.08. The van der Waals surface area contributed by atoms with E-state index in [9.17, 15) is 0 Å². The maximum absolute atomic E-state index is 4.32. The van der Waals surface area contributed by atoms with Gasteiger partial charge in [0.25, 0.3) is 0 Å². The average molecular weight is 230 g/mol. The van der Waals surface area contributed by atoms with Crippen molar-refractivity contribution in [2.24, 2.45) is 0 Å². The topological polar surface area (TPSA) is 43.6 Å². The second-order valence-corrected chi connectivity index (χ2v) is 4.57. The van der Waals surface area contributed by atoms with Crippen LogP contribution in [0.4, 0.5) is 0 Å². The zero-order chi connectivity index (χ0) is 11.0. The third-order valence-electron chi connectivity index (χ3n) is 2.46. The van der Waals surface area contributed by atoms with Gasteiger partial charge in [-0.1, -0.05) is 6.92 Å². The molecule has 3 aromatic rings. The molecular formula is C11H10N4S. The van der Waals surface area contributed by atoms with Crippen LogP contribution in [-0.2, 0) is 6.42 Å². The zero-order valence-corrected chi connectivity index (χ0v) is 9.61. The van der Waals surface area contributed by atoms with E-state index in [-0.39, 0.29) is 0 Å². The molecule has 5 heteroatoms. The van der Waals surface area contributed by atoms with E-state index >= 15 is 0 Å². The molecule has 0 saturated heterocycles. The van der Waals surface area contributed by atoms with Crippen molar-refractivity contribution in [2.45, 2.75) is 13.3 Å². The lowest BCUT2D eigenvalue weighted by Crippen LogP contribution is -1.94. The molecule has 0 fully saturated rings. The van der Waals surface area contributed by atoms with E-state index in [4.69, 9.17) is 0 Å². The van der Waals surface area contributed by atoms with Crippen LogP contribution >= 0.6 is 11.3 Å². The molecule has 80 valence electrons. The number of imidazole rings is 1. The Morgan fingerprint density at radius 1 is 1.38 bits per heavy atom. The molecule has 0 aliphatic rings. The van der Waals surface area contributed by atoms with E-state index < -0.39 is 0 Å². The molecule has 0 amide bonds. The Kier molecular flexibility index (Phi) is 2.18. The van der Waals surface area contributed by atoms with Crippen molar-refractivity contribution in [3.63, 3.8) is 0 Å². The summed E-state index contributed by atoms with van der Waals surface area (Å²) in [7, 11) is 0. The van der Waals surface area contributed by atoms with Crippen LogP contribution in [0.1, 0.15) is 11.8 Å². The summed E-state index contributed by atoms with van der Waals surface area (Å²) in [4.78, 5) is 15.0. The summed E-state index contributed by atoms with van der Waals surface area (Å²) in [5, 5.41) is 1.10. The fourth-order valence-electron chi connectivity index (χ4n) is 1.66. The van der Waals surface area contributed by atoms with Crippen LogP contribution in [0, 0.1) is 0 Å². The standard InChI is InChI=1S/C11H10N4S/c1-2-8-5-9-10(15-4-3-12-7-15)13-6-14-11(9)16-8/h3-7H,2H2,1H3. The zero-order valence-electron chi connectivity index (χ0n) is 8.79. The van der Waals surface area contributed by atoms with Gasteiger partial charge >= 0.3 is 0 Å². The Labute approximate surface area is 96.6 Å². The summed E-state index contributed by atoms with van der Waals surface area (Å²) < 4.78 is 1.91. The summed E-state index contributed by atoms with van der Waals surface area (Å²) in [6.45, 7) is 2.15. The van der Waals surface area contributed by atoms with Gasteiger partial charge in [-0.25, -0.2) is 15.0 Å². The second kappa shape index (κ2) is 3.68. The second-order valence-electron chi connectivity index (χ2n) is 3.45. The van der Waals surface area contributed by atoms with Gasteiger partial charge in [0, 0.05) is 17.3 Å². The highest BCUT2D eigenvalue weighted by Crippen LogP contribution is 2.27. The number of rotatable bonds is 2. The van der Waals surface area contributed by atoms with Crippen molar-refractivity contribution in [3.8, 4) is 5.82 Å². The predicted molar refractivity (Wildman–Crippen MR) is 63.9 cm³/mol. The first kappa shape index (κ1) is 9.47. The van der Waals surface area contributed by atoms with Gasteiger partial charge in [-0.3, -0.25) is 4.57 Å². The first-order valence-electron chi connectivity index (χ1n) is 5.10. The van der Waals surface area contributed by atoms with Gasteiger partial charge < -0.3 is 0 Å². The molecule has 0 bridgehead atoms. The van der Waals surface area contributed by atoms with Crippen molar-refractivity contribution < 1.29 is 0 Å². The van der Waals surface area contributed by atoms with Gasteiger partial charge in [-0.2, -0.15) is 0 Å². The van der Waals surface area contributed by atoms with Gasteiger partial charge in [0.15, 0.2) is 0 Å². The van der Waals surface area contributed by atoms with Crippen LogP contribution in [0.2, 0.25) is 0 Å². The molecule has 0 unspecified atom stereocenters. The third kappa shape index (κ3) is 1.40. The molecule has 3 heterocycles. The van der Waals surface area contributed by atoms with E-state index in [1.807, 2.05) is 10.8 Å². The Morgan fingerprint density at radius 3 is 3.06 bits per heavy atom. The van der Waals surface area contributed by atoms with Gasteiger partial charge in [-0.05, 0) is 12.5 Å². The van der Waals surface area contributed by atoms with E-state index in [0.717, 1.165) is 22.5 Å². The lowest BCUT2D eigenvalue weighted by atomic mass is 10.3. The van der Waals surface area contributed by atoms with Crippen LogP contribution in [0.25, 0.3) is 16.0 Å². The first-order valence-corrected chi connectivity index (χ1v) is 5.92. The monoisotopic (exact) mass is 230 g/mol. The Bertz CT molecular complexity index is 612. The molecule has 0 spiro atoms. The highest BCUT2D eigenvalue weighted by molar-refractivity contribution is 7.18. The maximum atomic E-state index is 4.32. The summed E-state index contributed by atoms with van der Waals surface area (Å²) in [5.41, 5.74) is 0. The SMILES string of the molecule is CCc1cc2c(-n3ccnc3)ncnc2s1. The van der Waals surface area contributed by atoms with Crippen LogP contribution < -0.4 is 0 Å². The van der Waals surface area contributed by atoms with Crippen molar-refractivity contribution in [2.75, 3.05) is 0 Å². The van der Waals surface area contributed by atoms with Gasteiger partial charge in [0.2, 0.25) is 0 Å². The van der Waals surface area contributed by atoms with Crippen LogP contribution in [0.15, 0.2) is 31.1 Å². The van der Waals surface area contributed by atoms with Gasteiger partial charge in [0.05, 0.1) is 5.39 Å². The lowest BCUT2D eigenvalue weighted by Gasteiger charge is -2.00. The molecule has 0 radical (unpaired) electrons. The third-order valence-corrected chi connectivity index (χ3v) is 3.64. The fraction of sp³-hybridized carbons (Fsp3) is 0.182. The first-order chi connectivity index (χ1) is 7.88. The molecule has 0 aromatic carbocycles. The minimum atomic E-state index is 0.901. The molecule has 0 aliphatic carbocycles. The van der Waals surface area contributed by atoms with Crippen molar-refractivity contribution >= 4 is 21.6 Å². The van der Waals surface area contributed by atoms with Gasteiger partial charge in [0.1, 0.15) is 23.3 Å². The summed E-state index contributed by atoms with van der Waals surface area (Å²) in [6.07, 6.45) is 8.04. The van der Waals surface area contributed by atoms with Crippen molar-refractivity contribution in [1.29, 1.82) is 0 Å². The molecule has 0 atom stereocenters. The van der Waals surface area contributed by atoms with E-state index in [1.165, 1.54) is 4.88 Å².